The average molecular weight is 365 g/mol. The van der Waals surface area contributed by atoms with E-state index in [2.05, 4.69) is 17.1 Å². The second-order valence-corrected chi connectivity index (χ2v) is 7.18. The highest BCUT2D eigenvalue weighted by Gasteiger charge is 2.40. The van der Waals surface area contributed by atoms with Crippen molar-refractivity contribution in [2.45, 2.75) is 38.5 Å². The summed E-state index contributed by atoms with van der Waals surface area (Å²) in [6.45, 7) is 0.449. The number of nitrogens with zero attached hydrogens (tertiary/aromatic N) is 1. The predicted molar refractivity (Wildman–Crippen MR) is 108 cm³/mol. The molecule has 1 aliphatic carbocycles. The van der Waals surface area contributed by atoms with Crippen LogP contribution in [0.4, 0.5) is 0 Å². The summed E-state index contributed by atoms with van der Waals surface area (Å²) < 4.78 is 5.76. The van der Waals surface area contributed by atoms with Crippen molar-refractivity contribution >= 4 is 11.9 Å². The van der Waals surface area contributed by atoms with Crippen LogP contribution in [0.1, 0.15) is 38.5 Å². The van der Waals surface area contributed by atoms with E-state index in [0.29, 0.717) is 18.7 Å². The number of ether oxygens (including phenoxy) is 1. The molecule has 1 aliphatic rings. The molecule has 0 aromatic heterocycles. The standard InChI is InChI=1S/C22H27N3O2/c23-21(24)25-16-15-22(13-5-2-6-14-22)20(26)27-19-11-9-18(10-12-19)17-7-3-1-4-8-17/h1,3-4,7-12H,2,5-6,13-16H2,(H4,23,24,25). The first kappa shape index (κ1) is 19.0. The Balaban J connectivity index is 1.70. The monoisotopic (exact) mass is 365 g/mol. The van der Waals surface area contributed by atoms with Gasteiger partial charge in [0.25, 0.3) is 0 Å². The quantitative estimate of drug-likeness (QED) is 0.352. The van der Waals surface area contributed by atoms with E-state index in [1.165, 1.54) is 0 Å². The van der Waals surface area contributed by atoms with Gasteiger partial charge in [-0.3, -0.25) is 9.79 Å². The van der Waals surface area contributed by atoms with Gasteiger partial charge in [0, 0.05) is 6.54 Å². The molecule has 0 saturated heterocycles. The first-order valence-corrected chi connectivity index (χ1v) is 9.52. The van der Waals surface area contributed by atoms with E-state index >= 15 is 0 Å². The number of rotatable bonds is 6. The highest BCUT2D eigenvalue weighted by atomic mass is 16.5. The second kappa shape index (κ2) is 8.71. The topological polar surface area (TPSA) is 90.7 Å². The van der Waals surface area contributed by atoms with Crippen LogP contribution in [0, 0.1) is 5.41 Å². The van der Waals surface area contributed by atoms with Crippen LogP contribution >= 0.6 is 0 Å². The van der Waals surface area contributed by atoms with E-state index in [0.717, 1.165) is 43.2 Å². The molecule has 5 nitrogen and oxygen atoms in total. The molecule has 5 heteroatoms. The Hall–Kier alpha value is -2.82. The minimum Gasteiger partial charge on any atom is -0.426 e. The van der Waals surface area contributed by atoms with Crippen molar-refractivity contribution < 1.29 is 9.53 Å². The molecule has 0 heterocycles. The molecule has 4 N–H and O–H groups in total. The van der Waals surface area contributed by atoms with Crippen LogP contribution < -0.4 is 16.2 Å². The van der Waals surface area contributed by atoms with Gasteiger partial charge in [-0.2, -0.15) is 0 Å². The molecule has 1 saturated carbocycles. The lowest BCUT2D eigenvalue weighted by Gasteiger charge is -2.34. The molecule has 0 amide bonds. The highest BCUT2D eigenvalue weighted by molar-refractivity contribution is 5.80. The Morgan fingerprint density at radius 1 is 0.926 bits per heavy atom. The van der Waals surface area contributed by atoms with Crippen molar-refractivity contribution in [3.05, 3.63) is 54.6 Å². The van der Waals surface area contributed by atoms with E-state index in [-0.39, 0.29) is 11.9 Å². The predicted octanol–water partition coefficient (Wildman–Crippen LogP) is 3.87. The molecule has 0 radical (unpaired) electrons. The third-order valence-electron chi connectivity index (χ3n) is 5.30. The summed E-state index contributed by atoms with van der Waals surface area (Å²) in [6, 6.07) is 17.8. The molecule has 0 bridgehead atoms. The molecule has 0 atom stereocenters. The number of aliphatic imine (C=N–C) groups is 1. The molecule has 142 valence electrons. The summed E-state index contributed by atoms with van der Waals surface area (Å²) in [5, 5.41) is 0. The summed E-state index contributed by atoms with van der Waals surface area (Å²) >= 11 is 0. The highest BCUT2D eigenvalue weighted by Crippen LogP contribution is 2.41. The lowest BCUT2D eigenvalue weighted by molar-refractivity contribution is -0.148. The fraction of sp³-hybridized carbons (Fsp3) is 0.364. The minimum atomic E-state index is -0.491. The Labute approximate surface area is 160 Å². The maximum Gasteiger partial charge on any atom is 0.317 e. The van der Waals surface area contributed by atoms with Gasteiger partial charge in [-0.15, -0.1) is 0 Å². The Bertz CT molecular complexity index is 775. The zero-order valence-electron chi connectivity index (χ0n) is 15.6. The van der Waals surface area contributed by atoms with E-state index in [9.17, 15) is 4.79 Å². The Morgan fingerprint density at radius 3 is 2.19 bits per heavy atom. The largest absolute Gasteiger partial charge is 0.426 e. The number of hydrogen-bond acceptors (Lipinski definition) is 3. The first-order chi connectivity index (χ1) is 13.1. The van der Waals surface area contributed by atoms with Crippen LogP contribution in [0.15, 0.2) is 59.6 Å². The molecule has 0 aliphatic heterocycles. The van der Waals surface area contributed by atoms with Crippen molar-refractivity contribution in [3.8, 4) is 16.9 Å². The molecule has 27 heavy (non-hydrogen) atoms. The van der Waals surface area contributed by atoms with Gasteiger partial charge in [-0.25, -0.2) is 0 Å². The van der Waals surface area contributed by atoms with Gasteiger partial charge in [-0.05, 0) is 42.5 Å². The lowest BCUT2D eigenvalue weighted by atomic mass is 9.72. The van der Waals surface area contributed by atoms with E-state index in [1.54, 1.807) is 0 Å². The van der Waals surface area contributed by atoms with Gasteiger partial charge in [0.05, 0.1) is 5.41 Å². The van der Waals surface area contributed by atoms with E-state index in [4.69, 9.17) is 16.2 Å². The van der Waals surface area contributed by atoms with Crippen LogP contribution in [-0.2, 0) is 4.79 Å². The third-order valence-corrected chi connectivity index (χ3v) is 5.30. The van der Waals surface area contributed by atoms with Crippen LogP contribution in [0.5, 0.6) is 5.75 Å². The summed E-state index contributed by atoms with van der Waals surface area (Å²) in [4.78, 5) is 17.0. The Morgan fingerprint density at radius 2 is 1.56 bits per heavy atom. The molecular weight excluding hydrogens is 338 g/mol. The second-order valence-electron chi connectivity index (χ2n) is 7.18. The molecular formula is C22H27N3O2. The zero-order valence-corrected chi connectivity index (χ0v) is 15.6. The van der Waals surface area contributed by atoms with Gasteiger partial charge < -0.3 is 16.2 Å². The molecule has 2 aromatic carbocycles. The number of carbonyl (C=O) groups excluding carboxylic acids is 1. The van der Waals surface area contributed by atoms with Crippen LogP contribution in [0.3, 0.4) is 0 Å². The van der Waals surface area contributed by atoms with E-state index < -0.39 is 5.41 Å². The van der Waals surface area contributed by atoms with Crippen LogP contribution in [-0.4, -0.2) is 18.5 Å². The van der Waals surface area contributed by atoms with Crippen molar-refractivity contribution in [1.82, 2.24) is 0 Å². The van der Waals surface area contributed by atoms with Gasteiger partial charge in [0.15, 0.2) is 5.96 Å². The maximum atomic E-state index is 13.0. The molecule has 0 spiro atoms. The summed E-state index contributed by atoms with van der Waals surface area (Å²) in [5.41, 5.74) is 12.6. The number of benzene rings is 2. The average Bonchev–Trinajstić information content (AvgIpc) is 2.69. The van der Waals surface area contributed by atoms with Gasteiger partial charge in [0.1, 0.15) is 5.75 Å². The first-order valence-electron chi connectivity index (χ1n) is 9.52. The van der Waals surface area contributed by atoms with Gasteiger partial charge in [0.2, 0.25) is 0 Å². The number of carbonyl (C=O) groups is 1. The van der Waals surface area contributed by atoms with Gasteiger partial charge in [-0.1, -0.05) is 61.7 Å². The fourth-order valence-electron chi connectivity index (χ4n) is 3.75. The van der Waals surface area contributed by atoms with Crippen molar-refractivity contribution in [1.29, 1.82) is 0 Å². The molecule has 0 unspecified atom stereocenters. The summed E-state index contributed by atoms with van der Waals surface area (Å²) in [6.07, 6.45) is 5.49. The zero-order chi connectivity index (χ0) is 19.1. The molecule has 3 rings (SSSR count). The smallest absolute Gasteiger partial charge is 0.317 e. The van der Waals surface area contributed by atoms with Crippen molar-refractivity contribution in [2.24, 2.45) is 21.9 Å². The third kappa shape index (κ3) is 4.88. The number of hydrogen-bond donors (Lipinski definition) is 2. The molecule has 1 fully saturated rings. The Kier molecular flexibility index (Phi) is 6.12. The number of esters is 1. The van der Waals surface area contributed by atoms with Crippen LogP contribution in [0.25, 0.3) is 11.1 Å². The van der Waals surface area contributed by atoms with Gasteiger partial charge >= 0.3 is 5.97 Å². The fourth-order valence-corrected chi connectivity index (χ4v) is 3.75. The van der Waals surface area contributed by atoms with E-state index in [1.807, 2.05) is 42.5 Å². The summed E-state index contributed by atoms with van der Waals surface area (Å²) in [7, 11) is 0. The maximum absolute atomic E-state index is 13.0. The minimum absolute atomic E-state index is 0.0610. The van der Waals surface area contributed by atoms with Crippen molar-refractivity contribution in [3.63, 3.8) is 0 Å². The molecule has 2 aromatic rings. The van der Waals surface area contributed by atoms with Crippen molar-refractivity contribution in [2.75, 3.05) is 6.54 Å². The number of guanidine groups is 1. The SMILES string of the molecule is NC(N)=NCCC1(C(=O)Oc2ccc(-c3ccccc3)cc2)CCCCC1. The number of nitrogens with two attached hydrogens (primary N) is 2. The summed E-state index contributed by atoms with van der Waals surface area (Å²) in [5.74, 6) is 0.470. The normalized spacial score (nSPS) is 15.7. The lowest BCUT2D eigenvalue weighted by Crippen LogP contribution is -2.38. The van der Waals surface area contributed by atoms with Crippen LogP contribution in [0.2, 0.25) is 0 Å².